The van der Waals surface area contributed by atoms with Gasteiger partial charge in [-0.1, -0.05) is 13.3 Å². The Bertz CT molecular complexity index is 155. The lowest BCUT2D eigenvalue weighted by Gasteiger charge is -2.27. The minimum atomic E-state index is -0.677. The molecule has 70 valence electrons. The Labute approximate surface area is 73.2 Å². The highest BCUT2D eigenvalue weighted by molar-refractivity contribution is 5.70. The van der Waals surface area contributed by atoms with Crippen molar-refractivity contribution in [2.75, 3.05) is 6.54 Å². The molecular formula is C9H17NO2. The summed E-state index contributed by atoms with van der Waals surface area (Å²) in [5.74, 6) is -0.880. The van der Waals surface area contributed by atoms with Gasteiger partial charge in [0.1, 0.15) is 0 Å². The Hall–Kier alpha value is -0.570. The molecule has 2 N–H and O–H groups in total. The van der Waals surface area contributed by atoms with Crippen molar-refractivity contribution in [1.82, 2.24) is 5.32 Å². The van der Waals surface area contributed by atoms with Gasteiger partial charge in [0.25, 0.3) is 0 Å². The second-order valence-electron chi connectivity index (χ2n) is 3.48. The molecule has 1 aliphatic rings. The third-order valence-corrected chi connectivity index (χ3v) is 2.60. The fourth-order valence-electron chi connectivity index (χ4n) is 1.33. The van der Waals surface area contributed by atoms with Crippen LogP contribution in [0.3, 0.4) is 0 Å². The molecule has 1 fully saturated rings. The molecule has 3 heteroatoms. The third-order valence-electron chi connectivity index (χ3n) is 2.60. The number of carboxylic acid groups (broad SMARTS) is 1. The Morgan fingerprint density at radius 1 is 1.67 bits per heavy atom. The molecule has 1 unspecified atom stereocenters. The molecular weight excluding hydrogens is 154 g/mol. The van der Waals surface area contributed by atoms with Crippen LogP contribution in [0.2, 0.25) is 0 Å². The van der Waals surface area contributed by atoms with E-state index in [1.807, 2.05) is 6.92 Å². The maximum atomic E-state index is 10.6. The quantitative estimate of drug-likeness (QED) is 0.654. The summed E-state index contributed by atoms with van der Waals surface area (Å²) >= 11 is 0. The number of carbonyl (C=O) groups is 1. The summed E-state index contributed by atoms with van der Waals surface area (Å²) in [4.78, 5) is 10.6. The molecule has 0 heterocycles. The van der Waals surface area contributed by atoms with Gasteiger partial charge in [0.2, 0.25) is 0 Å². The van der Waals surface area contributed by atoms with Gasteiger partial charge in [0.05, 0.1) is 5.92 Å². The van der Waals surface area contributed by atoms with E-state index in [1.54, 1.807) is 0 Å². The minimum Gasteiger partial charge on any atom is -0.481 e. The van der Waals surface area contributed by atoms with E-state index in [0.29, 0.717) is 12.6 Å². The van der Waals surface area contributed by atoms with Crippen molar-refractivity contribution < 1.29 is 9.90 Å². The number of rotatable bonds is 5. The summed E-state index contributed by atoms with van der Waals surface area (Å²) in [5.41, 5.74) is 0. The second-order valence-corrected chi connectivity index (χ2v) is 3.48. The summed E-state index contributed by atoms with van der Waals surface area (Å²) < 4.78 is 0. The molecule has 1 rings (SSSR count). The van der Waals surface area contributed by atoms with Crippen LogP contribution in [-0.2, 0) is 4.79 Å². The van der Waals surface area contributed by atoms with E-state index < -0.39 is 5.97 Å². The van der Waals surface area contributed by atoms with Crippen LogP contribution in [0.25, 0.3) is 0 Å². The number of aliphatic carboxylic acids is 1. The average molecular weight is 171 g/mol. The van der Waals surface area contributed by atoms with Crippen molar-refractivity contribution >= 4 is 5.97 Å². The van der Waals surface area contributed by atoms with Crippen LogP contribution in [0.4, 0.5) is 0 Å². The maximum Gasteiger partial charge on any atom is 0.307 e. The number of carboxylic acids is 1. The van der Waals surface area contributed by atoms with E-state index in [1.165, 1.54) is 19.3 Å². The molecule has 3 nitrogen and oxygen atoms in total. The van der Waals surface area contributed by atoms with Crippen LogP contribution >= 0.6 is 0 Å². The molecule has 0 aromatic rings. The molecule has 0 saturated heterocycles. The lowest BCUT2D eigenvalue weighted by atomic mass is 9.92. The zero-order valence-electron chi connectivity index (χ0n) is 7.55. The predicted octanol–water partition coefficient (Wildman–Crippen LogP) is 1.24. The monoisotopic (exact) mass is 171 g/mol. The van der Waals surface area contributed by atoms with Gasteiger partial charge in [-0.3, -0.25) is 4.79 Å². The van der Waals surface area contributed by atoms with E-state index in [9.17, 15) is 4.79 Å². The first-order chi connectivity index (χ1) is 5.74. The Balaban J connectivity index is 2.13. The Kier molecular flexibility index (Phi) is 3.53. The Morgan fingerprint density at radius 2 is 2.33 bits per heavy atom. The molecule has 0 aromatic heterocycles. The summed E-state index contributed by atoms with van der Waals surface area (Å²) in [7, 11) is 0. The van der Waals surface area contributed by atoms with Crippen LogP contribution in [0.5, 0.6) is 0 Å². The van der Waals surface area contributed by atoms with Gasteiger partial charge in [-0.05, 0) is 19.3 Å². The normalized spacial score (nSPS) is 20.1. The first-order valence-electron chi connectivity index (χ1n) is 4.70. The van der Waals surface area contributed by atoms with Gasteiger partial charge in [-0.25, -0.2) is 0 Å². The van der Waals surface area contributed by atoms with Crippen molar-refractivity contribution in [3.05, 3.63) is 0 Å². The maximum absolute atomic E-state index is 10.6. The number of hydrogen-bond acceptors (Lipinski definition) is 2. The minimum absolute atomic E-state index is 0.203. The highest BCUT2D eigenvalue weighted by Gasteiger charge is 2.20. The zero-order chi connectivity index (χ0) is 8.97. The van der Waals surface area contributed by atoms with E-state index >= 15 is 0 Å². The first kappa shape index (κ1) is 9.52. The van der Waals surface area contributed by atoms with Crippen molar-refractivity contribution in [3.8, 4) is 0 Å². The molecule has 0 amide bonds. The first-order valence-corrected chi connectivity index (χ1v) is 4.70. The van der Waals surface area contributed by atoms with Crippen molar-refractivity contribution in [2.24, 2.45) is 5.92 Å². The molecule has 1 aliphatic carbocycles. The molecule has 0 radical (unpaired) electrons. The molecule has 12 heavy (non-hydrogen) atoms. The van der Waals surface area contributed by atoms with E-state index in [2.05, 4.69) is 5.32 Å². The average Bonchev–Trinajstić information content (AvgIpc) is 1.93. The van der Waals surface area contributed by atoms with Gasteiger partial charge >= 0.3 is 5.97 Å². The van der Waals surface area contributed by atoms with Crippen LogP contribution < -0.4 is 5.32 Å². The van der Waals surface area contributed by atoms with Crippen LogP contribution in [-0.4, -0.2) is 23.7 Å². The summed E-state index contributed by atoms with van der Waals surface area (Å²) in [6, 6.07) is 0.596. The standard InChI is InChI=1S/C9H17NO2/c1-2-7(9(11)12)6-10-8-4-3-5-8/h7-8,10H,2-6H2,1H3,(H,11,12). The largest absolute Gasteiger partial charge is 0.481 e. The van der Waals surface area contributed by atoms with Crippen molar-refractivity contribution in [3.63, 3.8) is 0 Å². The van der Waals surface area contributed by atoms with Crippen LogP contribution in [0.15, 0.2) is 0 Å². The van der Waals surface area contributed by atoms with Crippen LogP contribution in [0, 0.1) is 5.92 Å². The smallest absolute Gasteiger partial charge is 0.307 e. The third kappa shape index (κ3) is 2.48. The summed E-state index contributed by atoms with van der Waals surface area (Å²) in [5, 5.41) is 12.0. The molecule has 1 atom stereocenters. The van der Waals surface area contributed by atoms with Gasteiger partial charge in [0, 0.05) is 12.6 Å². The fourth-order valence-corrected chi connectivity index (χ4v) is 1.33. The summed E-state index contributed by atoms with van der Waals surface area (Å²) in [6.45, 7) is 2.55. The molecule has 0 aromatic carbocycles. The number of hydrogen-bond donors (Lipinski definition) is 2. The lowest BCUT2D eigenvalue weighted by Crippen LogP contribution is -2.39. The highest BCUT2D eigenvalue weighted by atomic mass is 16.4. The molecule has 0 spiro atoms. The molecule has 1 saturated carbocycles. The SMILES string of the molecule is CCC(CNC1CCC1)C(=O)O. The van der Waals surface area contributed by atoms with E-state index in [-0.39, 0.29) is 5.92 Å². The lowest BCUT2D eigenvalue weighted by molar-refractivity contribution is -0.141. The van der Waals surface area contributed by atoms with Gasteiger partial charge in [0.15, 0.2) is 0 Å². The molecule has 0 aliphatic heterocycles. The highest BCUT2D eigenvalue weighted by Crippen LogP contribution is 2.18. The zero-order valence-corrected chi connectivity index (χ0v) is 7.55. The predicted molar refractivity (Wildman–Crippen MR) is 47.1 cm³/mol. The van der Waals surface area contributed by atoms with Gasteiger partial charge < -0.3 is 10.4 Å². The summed E-state index contributed by atoms with van der Waals surface area (Å²) in [6.07, 6.45) is 4.45. The van der Waals surface area contributed by atoms with E-state index in [4.69, 9.17) is 5.11 Å². The van der Waals surface area contributed by atoms with Gasteiger partial charge in [-0.2, -0.15) is 0 Å². The second kappa shape index (κ2) is 4.45. The number of nitrogens with one attached hydrogen (secondary N) is 1. The molecule has 0 bridgehead atoms. The van der Waals surface area contributed by atoms with Crippen molar-refractivity contribution in [2.45, 2.75) is 38.6 Å². The van der Waals surface area contributed by atoms with Crippen molar-refractivity contribution in [1.29, 1.82) is 0 Å². The fraction of sp³-hybridized carbons (Fsp3) is 0.889. The Morgan fingerprint density at radius 3 is 2.67 bits per heavy atom. The van der Waals surface area contributed by atoms with Gasteiger partial charge in [-0.15, -0.1) is 0 Å². The topological polar surface area (TPSA) is 49.3 Å². The van der Waals surface area contributed by atoms with E-state index in [0.717, 1.165) is 6.42 Å². The van der Waals surface area contributed by atoms with Crippen LogP contribution in [0.1, 0.15) is 32.6 Å².